The first kappa shape index (κ1) is 14.5. The molecule has 0 aromatic heterocycles. The number of unbranched alkanes of at least 4 members (excludes halogenated alkanes) is 2. The van der Waals surface area contributed by atoms with Crippen molar-refractivity contribution < 1.29 is 0 Å². The summed E-state index contributed by atoms with van der Waals surface area (Å²) in [4.78, 5) is 2.67. The molecule has 1 aromatic rings. The molecule has 0 radical (unpaired) electrons. The van der Waals surface area contributed by atoms with Gasteiger partial charge in [0.25, 0.3) is 0 Å². The van der Waals surface area contributed by atoms with E-state index < -0.39 is 0 Å². The van der Waals surface area contributed by atoms with Crippen molar-refractivity contribution in [2.45, 2.75) is 51.6 Å². The molecule has 0 saturated carbocycles. The van der Waals surface area contributed by atoms with Gasteiger partial charge in [-0.25, -0.2) is 0 Å². The van der Waals surface area contributed by atoms with Gasteiger partial charge < -0.3 is 5.32 Å². The molecule has 19 heavy (non-hydrogen) atoms. The zero-order valence-electron chi connectivity index (χ0n) is 12.7. The molecule has 1 fully saturated rings. The van der Waals surface area contributed by atoms with Crippen LogP contribution in [0.3, 0.4) is 0 Å². The van der Waals surface area contributed by atoms with Crippen LogP contribution in [0.25, 0.3) is 0 Å². The van der Waals surface area contributed by atoms with E-state index in [9.17, 15) is 0 Å². The molecular weight excluding hydrogens is 232 g/mol. The molecule has 0 amide bonds. The lowest BCUT2D eigenvalue weighted by Gasteiger charge is -2.45. The van der Waals surface area contributed by atoms with Crippen LogP contribution in [0.4, 0.5) is 0 Å². The second-order valence-electron chi connectivity index (χ2n) is 6.37. The van der Waals surface area contributed by atoms with Gasteiger partial charge in [-0.05, 0) is 32.4 Å². The van der Waals surface area contributed by atoms with Gasteiger partial charge in [0.1, 0.15) is 0 Å². The van der Waals surface area contributed by atoms with Crippen LogP contribution in [-0.2, 0) is 0 Å². The molecule has 1 unspecified atom stereocenters. The van der Waals surface area contributed by atoms with E-state index in [1.54, 1.807) is 0 Å². The van der Waals surface area contributed by atoms with Gasteiger partial charge in [0.05, 0.1) is 0 Å². The van der Waals surface area contributed by atoms with Gasteiger partial charge in [-0.15, -0.1) is 0 Å². The predicted molar refractivity (Wildman–Crippen MR) is 82.4 cm³/mol. The Morgan fingerprint density at radius 3 is 2.63 bits per heavy atom. The van der Waals surface area contributed by atoms with E-state index in [4.69, 9.17) is 0 Å². The van der Waals surface area contributed by atoms with E-state index in [2.05, 4.69) is 61.3 Å². The Bertz CT molecular complexity index is 372. The summed E-state index contributed by atoms with van der Waals surface area (Å²) in [5.41, 5.74) is 1.68. The Kier molecular flexibility index (Phi) is 5.00. The molecule has 1 saturated heterocycles. The summed E-state index contributed by atoms with van der Waals surface area (Å²) in [6.45, 7) is 10.3. The van der Waals surface area contributed by atoms with Crippen LogP contribution in [0, 0.1) is 0 Å². The number of benzene rings is 1. The molecule has 0 bridgehead atoms. The summed E-state index contributed by atoms with van der Waals surface area (Å²) >= 11 is 0. The van der Waals surface area contributed by atoms with Crippen molar-refractivity contribution in [3.63, 3.8) is 0 Å². The average molecular weight is 260 g/mol. The number of nitrogens with zero attached hydrogens (tertiary/aromatic N) is 1. The Labute approximate surface area is 118 Å². The Balaban J connectivity index is 2.06. The first-order valence-electron chi connectivity index (χ1n) is 7.66. The van der Waals surface area contributed by atoms with Crippen molar-refractivity contribution in [3.05, 3.63) is 35.9 Å². The van der Waals surface area contributed by atoms with Crippen LogP contribution in [0.5, 0.6) is 0 Å². The van der Waals surface area contributed by atoms with E-state index in [1.165, 1.54) is 31.4 Å². The second-order valence-corrected chi connectivity index (χ2v) is 6.37. The van der Waals surface area contributed by atoms with Gasteiger partial charge in [-0.3, -0.25) is 4.90 Å². The number of piperazine rings is 1. The number of nitrogens with one attached hydrogen (secondary N) is 1. The normalized spacial score (nSPS) is 23.4. The summed E-state index contributed by atoms with van der Waals surface area (Å²) in [6.07, 6.45) is 3.95. The van der Waals surface area contributed by atoms with Gasteiger partial charge in [-0.1, -0.05) is 50.1 Å². The fraction of sp³-hybridized carbons (Fsp3) is 0.647. The molecule has 1 aromatic carbocycles. The van der Waals surface area contributed by atoms with Gasteiger partial charge in [0, 0.05) is 24.7 Å². The molecular formula is C17H28N2. The molecule has 0 spiro atoms. The van der Waals surface area contributed by atoms with Crippen molar-refractivity contribution in [2.75, 3.05) is 19.6 Å². The fourth-order valence-corrected chi connectivity index (χ4v) is 2.98. The molecule has 2 rings (SSSR count). The maximum Gasteiger partial charge on any atom is 0.0473 e. The van der Waals surface area contributed by atoms with Crippen molar-refractivity contribution >= 4 is 0 Å². The topological polar surface area (TPSA) is 15.3 Å². The van der Waals surface area contributed by atoms with Crippen molar-refractivity contribution in [3.8, 4) is 0 Å². The van der Waals surface area contributed by atoms with Gasteiger partial charge in [-0.2, -0.15) is 0 Å². The van der Waals surface area contributed by atoms with Crippen LogP contribution in [0.15, 0.2) is 30.3 Å². The summed E-state index contributed by atoms with van der Waals surface area (Å²) in [7, 11) is 0. The molecule has 2 heteroatoms. The molecule has 1 heterocycles. The molecule has 0 aliphatic carbocycles. The summed E-state index contributed by atoms with van der Waals surface area (Å²) in [5, 5.41) is 3.69. The number of rotatable bonds is 5. The lowest BCUT2D eigenvalue weighted by atomic mass is 9.94. The zero-order chi connectivity index (χ0) is 13.7. The second kappa shape index (κ2) is 6.53. The fourth-order valence-electron chi connectivity index (χ4n) is 2.98. The van der Waals surface area contributed by atoms with Gasteiger partial charge in [0.2, 0.25) is 0 Å². The SMILES string of the molecule is CCCCCN1CC(C)(C)NCC1c1ccccc1. The first-order valence-corrected chi connectivity index (χ1v) is 7.66. The molecule has 2 nitrogen and oxygen atoms in total. The monoisotopic (exact) mass is 260 g/mol. The third-order valence-electron chi connectivity index (χ3n) is 4.05. The van der Waals surface area contributed by atoms with Crippen LogP contribution in [-0.4, -0.2) is 30.1 Å². The summed E-state index contributed by atoms with van der Waals surface area (Å²) < 4.78 is 0. The van der Waals surface area contributed by atoms with E-state index in [0.717, 1.165) is 13.1 Å². The third-order valence-corrected chi connectivity index (χ3v) is 4.05. The highest BCUT2D eigenvalue weighted by molar-refractivity contribution is 5.20. The van der Waals surface area contributed by atoms with E-state index >= 15 is 0 Å². The lowest BCUT2D eigenvalue weighted by Crippen LogP contribution is -2.58. The highest BCUT2D eigenvalue weighted by Gasteiger charge is 2.32. The van der Waals surface area contributed by atoms with Crippen molar-refractivity contribution in [2.24, 2.45) is 0 Å². The molecule has 1 aliphatic heterocycles. The zero-order valence-corrected chi connectivity index (χ0v) is 12.7. The van der Waals surface area contributed by atoms with Crippen molar-refractivity contribution in [1.82, 2.24) is 10.2 Å². The predicted octanol–water partition coefficient (Wildman–Crippen LogP) is 3.60. The smallest absolute Gasteiger partial charge is 0.0473 e. The summed E-state index contributed by atoms with van der Waals surface area (Å²) in [6, 6.07) is 11.5. The molecule has 106 valence electrons. The Morgan fingerprint density at radius 2 is 1.95 bits per heavy atom. The third kappa shape index (κ3) is 4.05. The number of hydrogen-bond acceptors (Lipinski definition) is 2. The van der Waals surface area contributed by atoms with E-state index in [1.807, 2.05) is 0 Å². The van der Waals surface area contributed by atoms with E-state index in [-0.39, 0.29) is 5.54 Å². The Morgan fingerprint density at radius 1 is 1.21 bits per heavy atom. The van der Waals surface area contributed by atoms with E-state index in [0.29, 0.717) is 6.04 Å². The molecule has 1 aliphatic rings. The first-order chi connectivity index (χ1) is 9.12. The highest BCUT2D eigenvalue weighted by atomic mass is 15.2. The van der Waals surface area contributed by atoms with Crippen LogP contribution in [0.2, 0.25) is 0 Å². The minimum Gasteiger partial charge on any atom is -0.309 e. The standard InChI is InChI=1S/C17H28N2/c1-4-5-9-12-19-14-17(2,3)18-13-16(19)15-10-7-6-8-11-15/h6-8,10-11,16,18H,4-5,9,12-14H2,1-3H3. The van der Waals surface area contributed by atoms with Crippen LogP contribution < -0.4 is 5.32 Å². The van der Waals surface area contributed by atoms with Crippen LogP contribution >= 0.6 is 0 Å². The van der Waals surface area contributed by atoms with Gasteiger partial charge in [0.15, 0.2) is 0 Å². The Hall–Kier alpha value is -0.860. The largest absolute Gasteiger partial charge is 0.309 e. The van der Waals surface area contributed by atoms with Gasteiger partial charge >= 0.3 is 0 Å². The lowest BCUT2D eigenvalue weighted by molar-refractivity contribution is 0.0932. The maximum absolute atomic E-state index is 3.69. The maximum atomic E-state index is 3.69. The minimum atomic E-state index is 0.234. The molecule has 1 atom stereocenters. The minimum absolute atomic E-state index is 0.234. The highest BCUT2D eigenvalue weighted by Crippen LogP contribution is 2.27. The summed E-state index contributed by atoms with van der Waals surface area (Å²) in [5.74, 6) is 0. The van der Waals surface area contributed by atoms with Crippen molar-refractivity contribution in [1.29, 1.82) is 0 Å². The average Bonchev–Trinajstić information content (AvgIpc) is 2.39. The van der Waals surface area contributed by atoms with Crippen LogP contribution in [0.1, 0.15) is 51.6 Å². The molecule has 1 N–H and O–H groups in total. The number of hydrogen-bond donors (Lipinski definition) is 1. The quantitative estimate of drug-likeness (QED) is 0.814.